The van der Waals surface area contributed by atoms with Gasteiger partial charge in [0.05, 0.1) is 0 Å². The van der Waals surface area contributed by atoms with Crippen molar-refractivity contribution < 1.29 is 9.90 Å². The second kappa shape index (κ2) is 6.83. The second-order valence-corrected chi connectivity index (χ2v) is 4.98. The Bertz CT molecular complexity index is 614. The number of nitrogens with one attached hydrogen (secondary N) is 1. The fourth-order valence-electron chi connectivity index (χ4n) is 1.89. The van der Waals surface area contributed by atoms with Crippen LogP contribution in [0, 0.1) is 0 Å². The first-order chi connectivity index (χ1) is 10.1. The Labute approximate surface area is 124 Å². The van der Waals surface area contributed by atoms with E-state index in [1.165, 1.54) is 6.07 Å². The third kappa shape index (κ3) is 4.27. The molecule has 2 N–H and O–H groups in total. The number of carboxylic acid groups (broad SMARTS) is 1. The summed E-state index contributed by atoms with van der Waals surface area (Å²) in [4.78, 5) is 19.7. The highest BCUT2D eigenvalue weighted by molar-refractivity contribution is 5.86. The zero-order valence-corrected chi connectivity index (χ0v) is 12.2. The first-order valence-corrected chi connectivity index (χ1v) is 7.00. The molecule has 5 heteroatoms. The minimum Gasteiger partial charge on any atom is -0.477 e. The number of anilines is 1. The quantitative estimate of drug-likeness (QED) is 0.853. The number of carbonyl (C=O) groups is 1. The van der Waals surface area contributed by atoms with Crippen LogP contribution in [0.25, 0.3) is 0 Å². The van der Waals surface area contributed by atoms with E-state index < -0.39 is 5.97 Å². The van der Waals surface area contributed by atoms with Crippen LogP contribution < -0.4 is 5.32 Å². The molecule has 0 fully saturated rings. The number of aromatic nitrogens is 2. The third-order valence-corrected chi connectivity index (χ3v) is 3.20. The molecule has 21 heavy (non-hydrogen) atoms. The van der Waals surface area contributed by atoms with Gasteiger partial charge in [0, 0.05) is 18.5 Å². The molecule has 1 unspecified atom stereocenters. The maximum absolute atomic E-state index is 11.2. The van der Waals surface area contributed by atoms with Crippen LogP contribution in [-0.4, -0.2) is 27.1 Å². The largest absolute Gasteiger partial charge is 0.477 e. The maximum atomic E-state index is 11.2. The van der Waals surface area contributed by atoms with Crippen LogP contribution in [0.3, 0.4) is 0 Å². The lowest BCUT2D eigenvalue weighted by Gasteiger charge is -2.13. The molecule has 5 nitrogen and oxygen atoms in total. The van der Waals surface area contributed by atoms with Crippen LogP contribution in [-0.2, 0) is 6.42 Å². The van der Waals surface area contributed by atoms with Gasteiger partial charge in [-0.25, -0.2) is 14.8 Å². The molecule has 0 aliphatic rings. The molecule has 1 heterocycles. The van der Waals surface area contributed by atoms with Crippen molar-refractivity contribution in [2.24, 2.45) is 0 Å². The third-order valence-electron chi connectivity index (χ3n) is 3.20. The SMILES string of the molecule is CCC(C)Nc1cc(C(=O)O)nc(Cc2ccccc2)n1. The number of nitrogens with zero attached hydrogens (tertiary/aromatic N) is 2. The molecule has 0 aliphatic carbocycles. The fraction of sp³-hybridized carbons (Fsp3) is 0.312. The van der Waals surface area contributed by atoms with E-state index in [1.54, 1.807) is 0 Å². The maximum Gasteiger partial charge on any atom is 0.354 e. The first-order valence-electron chi connectivity index (χ1n) is 7.00. The molecule has 0 saturated carbocycles. The van der Waals surface area contributed by atoms with E-state index >= 15 is 0 Å². The molecule has 0 spiro atoms. The molecule has 2 rings (SSSR count). The summed E-state index contributed by atoms with van der Waals surface area (Å²) in [6.07, 6.45) is 1.44. The van der Waals surface area contributed by atoms with Crippen molar-refractivity contribution in [2.45, 2.75) is 32.7 Å². The Morgan fingerprint density at radius 2 is 2.00 bits per heavy atom. The topological polar surface area (TPSA) is 75.1 Å². The lowest BCUT2D eigenvalue weighted by molar-refractivity contribution is 0.0690. The average Bonchev–Trinajstić information content (AvgIpc) is 2.47. The van der Waals surface area contributed by atoms with Gasteiger partial charge in [0.2, 0.25) is 0 Å². The Kier molecular flexibility index (Phi) is 4.87. The van der Waals surface area contributed by atoms with E-state index in [0.29, 0.717) is 18.1 Å². The van der Waals surface area contributed by atoms with Crippen molar-refractivity contribution in [3.63, 3.8) is 0 Å². The predicted octanol–water partition coefficient (Wildman–Crippen LogP) is 2.98. The number of hydrogen-bond donors (Lipinski definition) is 2. The van der Waals surface area contributed by atoms with Gasteiger partial charge in [-0.1, -0.05) is 37.3 Å². The van der Waals surface area contributed by atoms with E-state index in [4.69, 9.17) is 0 Å². The van der Waals surface area contributed by atoms with Crippen LogP contribution in [0.2, 0.25) is 0 Å². The van der Waals surface area contributed by atoms with Gasteiger partial charge >= 0.3 is 5.97 Å². The van der Waals surface area contributed by atoms with Crippen LogP contribution in [0.1, 0.15) is 42.1 Å². The Hall–Kier alpha value is -2.43. The van der Waals surface area contributed by atoms with Gasteiger partial charge in [-0.15, -0.1) is 0 Å². The summed E-state index contributed by atoms with van der Waals surface area (Å²) >= 11 is 0. The molecule has 0 saturated heterocycles. The smallest absolute Gasteiger partial charge is 0.354 e. The number of aromatic carboxylic acids is 1. The summed E-state index contributed by atoms with van der Waals surface area (Å²) in [5.74, 6) is 0.0218. The van der Waals surface area contributed by atoms with E-state index in [2.05, 4.69) is 22.2 Å². The van der Waals surface area contributed by atoms with Crippen LogP contribution in [0.4, 0.5) is 5.82 Å². The van der Waals surface area contributed by atoms with Crippen LogP contribution in [0.15, 0.2) is 36.4 Å². The van der Waals surface area contributed by atoms with Crippen LogP contribution in [0.5, 0.6) is 0 Å². The highest BCUT2D eigenvalue weighted by Crippen LogP contribution is 2.12. The summed E-state index contributed by atoms with van der Waals surface area (Å²) < 4.78 is 0. The minimum atomic E-state index is -1.04. The molecule has 1 aromatic carbocycles. The fourth-order valence-corrected chi connectivity index (χ4v) is 1.89. The number of carboxylic acids is 1. The van der Waals surface area contributed by atoms with Gasteiger partial charge in [0.25, 0.3) is 0 Å². The number of hydrogen-bond acceptors (Lipinski definition) is 4. The van der Waals surface area contributed by atoms with E-state index in [0.717, 1.165) is 12.0 Å². The molecule has 0 amide bonds. The molecule has 1 aromatic heterocycles. The Morgan fingerprint density at radius 1 is 1.29 bits per heavy atom. The Balaban J connectivity index is 2.29. The van der Waals surface area contributed by atoms with Gasteiger partial charge in [0.15, 0.2) is 5.69 Å². The molecular weight excluding hydrogens is 266 g/mol. The number of benzene rings is 1. The zero-order valence-electron chi connectivity index (χ0n) is 12.2. The second-order valence-electron chi connectivity index (χ2n) is 4.98. The van der Waals surface area contributed by atoms with Gasteiger partial charge in [-0.05, 0) is 18.9 Å². The molecule has 0 bridgehead atoms. The Morgan fingerprint density at radius 3 is 2.62 bits per heavy atom. The summed E-state index contributed by atoms with van der Waals surface area (Å²) in [5, 5.41) is 12.4. The lowest BCUT2D eigenvalue weighted by atomic mass is 10.1. The first kappa shape index (κ1) is 15.0. The minimum absolute atomic E-state index is 0.0155. The highest BCUT2D eigenvalue weighted by atomic mass is 16.4. The predicted molar refractivity (Wildman–Crippen MR) is 81.6 cm³/mol. The van der Waals surface area contributed by atoms with E-state index in [1.807, 2.05) is 37.3 Å². The molecule has 1 atom stereocenters. The van der Waals surface area contributed by atoms with Crippen molar-refractivity contribution in [3.05, 3.63) is 53.5 Å². The average molecular weight is 285 g/mol. The molecule has 0 aliphatic heterocycles. The molecule has 110 valence electrons. The molecular formula is C16H19N3O2. The standard InChI is InChI=1S/C16H19N3O2/c1-3-11(2)17-15-10-13(16(20)21)18-14(19-15)9-12-7-5-4-6-8-12/h4-8,10-11H,3,9H2,1-2H3,(H,20,21)(H,17,18,19). The highest BCUT2D eigenvalue weighted by Gasteiger charge is 2.12. The summed E-state index contributed by atoms with van der Waals surface area (Å²) in [7, 11) is 0. The summed E-state index contributed by atoms with van der Waals surface area (Å²) in [6.45, 7) is 4.08. The van der Waals surface area contributed by atoms with Crippen molar-refractivity contribution in [1.29, 1.82) is 0 Å². The van der Waals surface area contributed by atoms with Crippen molar-refractivity contribution >= 4 is 11.8 Å². The normalized spacial score (nSPS) is 11.9. The van der Waals surface area contributed by atoms with Gasteiger partial charge in [-0.3, -0.25) is 0 Å². The van der Waals surface area contributed by atoms with Gasteiger partial charge in [0.1, 0.15) is 11.6 Å². The lowest BCUT2D eigenvalue weighted by Crippen LogP contribution is -2.17. The van der Waals surface area contributed by atoms with Gasteiger partial charge in [-0.2, -0.15) is 0 Å². The van der Waals surface area contributed by atoms with Crippen molar-refractivity contribution in [1.82, 2.24) is 9.97 Å². The number of rotatable bonds is 6. The molecule has 2 aromatic rings. The van der Waals surface area contributed by atoms with Crippen molar-refractivity contribution in [2.75, 3.05) is 5.32 Å². The van der Waals surface area contributed by atoms with Crippen LogP contribution >= 0.6 is 0 Å². The summed E-state index contributed by atoms with van der Waals surface area (Å²) in [6, 6.07) is 11.5. The van der Waals surface area contributed by atoms with Crippen molar-refractivity contribution in [3.8, 4) is 0 Å². The summed E-state index contributed by atoms with van der Waals surface area (Å²) in [5.41, 5.74) is 1.07. The van der Waals surface area contributed by atoms with E-state index in [-0.39, 0.29) is 11.7 Å². The molecule has 0 radical (unpaired) electrons. The zero-order chi connectivity index (χ0) is 15.2. The van der Waals surface area contributed by atoms with Gasteiger partial charge < -0.3 is 10.4 Å². The van der Waals surface area contributed by atoms with E-state index in [9.17, 15) is 9.90 Å². The monoisotopic (exact) mass is 285 g/mol.